The number of carbonyl (C=O) groups excluding carboxylic acids is 1. The van der Waals surface area contributed by atoms with E-state index in [1.165, 1.54) is 36.2 Å². The molecule has 1 aliphatic carbocycles. The summed E-state index contributed by atoms with van der Waals surface area (Å²) in [5.41, 5.74) is 1.49. The van der Waals surface area contributed by atoms with Crippen molar-refractivity contribution in [3.05, 3.63) is 30.9 Å². The van der Waals surface area contributed by atoms with Gasteiger partial charge < -0.3 is 5.32 Å². The molecule has 0 bridgehead atoms. The Labute approximate surface area is 122 Å². The topological polar surface area (TPSA) is 29.1 Å². The molecule has 0 fully saturated rings. The molecule has 5 heteroatoms. The molecule has 0 atom stereocenters. The number of thiophene rings is 1. The van der Waals surface area contributed by atoms with Crippen molar-refractivity contribution < 1.29 is 4.79 Å². The predicted octanol–water partition coefficient (Wildman–Crippen LogP) is 4.50. The van der Waals surface area contributed by atoms with Crippen LogP contribution in [0.15, 0.2) is 26.0 Å². The Morgan fingerprint density at radius 1 is 1.47 bits per heavy atom. The zero-order chi connectivity index (χ0) is 12.3. The lowest BCUT2D eigenvalue weighted by molar-refractivity contribution is 0.0958. The van der Waals surface area contributed by atoms with Crippen molar-refractivity contribution in [2.75, 3.05) is 6.54 Å². The second-order valence-electron chi connectivity index (χ2n) is 3.99. The van der Waals surface area contributed by atoms with Gasteiger partial charge in [0.05, 0.1) is 8.66 Å². The SMILES string of the molecule is O=C(NCCC1=CCCC1)c1cc(Br)c(Br)s1. The fraction of sp³-hybridized carbons (Fsp3) is 0.417. The van der Waals surface area contributed by atoms with Gasteiger partial charge in [0.2, 0.25) is 0 Å². The number of amides is 1. The fourth-order valence-corrected chi connectivity index (χ4v) is 3.80. The molecule has 2 rings (SSSR count). The van der Waals surface area contributed by atoms with Crippen molar-refractivity contribution in [3.63, 3.8) is 0 Å². The summed E-state index contributed by atoms with van der Waals surface area (Å²) in [6, 6.07) is 1.85. The summed E-state index contributed by atoms with van der Waals surface area (Å²) >= 11 is 8.22. The van der Waals surface area contributed by atoms with Crippen molar-refractivity contribution in [3.8, 4) is 0 Å². The van der Waals surface area contributed by atoms with Crippen LogP contribution in [0.3, 0.4) is 0 Å². The van der Waals surface area contributed by atoms with Crippen LogP contribution in [0.25, 0.3) is 0 Å². The Balaban J connectivity index is 1.81. The minimum atomic E-state index is 0.0139. The van der Waals surface area contributed by atoms with Crippen LogP contribution in [-0.2, 0) is 0 Å². The van der Waals surface area contributed by atoms with Crippen molar-refractivity contribution in [2.45, 2.75) is 25.7 Å². The van der Waals surface area contributed by atoms with E-state index in [-0.39, 0.29) is 5.91 Å². The van der Waals surface area contributed by atoms with Crippen molar-refractivity contribution >= 4 is 49.1 Å². The van der Waals surface area contributed by atoms with E-state index >= 15 is 0 Å². The molecular weight excluding hydrogens is 366 g/mol. The van der Waals surface area contributed by atoms with Crippen LogP contribution < -0.4 is 5.32 Å². The van der Waals surface area contributed by atoms with Gasteiger partial charge >= 0.3 is 0 Å². The summed E-state index contributed by atoms with van der Waals surface area (Å²) in [6.07, 6.45) is 6.96. The lowest BCUT2D eigenvalue weighted by Crippen LogP contribution is -2.23. The molecule has 1 N–H and O–H groups in total. The molecule has 17 heavy (non-hydrogen) atoms. The third-order valence-corrected chi connectivity index (χ3v) is 5.99. The van der Waals surface area contributed by atoms with Crippen LogP contribution in [0.1, 0.15) is 35.4 Å². The van der Waals surface area contributed by atoms with E-state index in [1.807, 2.05) is 6.07 Å². The highest BCUT2D eigenvalue weighted by Crippen LogP contribution is 2.32. The maximum atomic E-state index is 11.8. The summed E-state index contributed by atoms with van der Waals surface area (Å²) in [6.45, 7) is 0.734. The molecule has 1 aliphatic rings. The Kier molecular flexibility index (Phi) is 4.82. The number of nitrogens with one attached hydrogen (secondary N) is 1. The van der Waals surface area contributed by atoms with Gasteiger partial charge in [0.25, 0.3) is 5.91 Å². The van der Waals surface area contributed by atoms with Crippen molar-refractivity contribution in [1.82, 2.24) is 5.32 Å². The van der Waals surface area contributed by atoms with Gasteiger partial charge in [0.15, 0.2) is 0 Å². The highest BCUT2D eigenvalue weighted by Gasteiger charge is 2.12. The average molecular weight is 379 g/mol. The Morgan fingerprint density at radius 3 is 2.88 bits per heavy atom. The monoisotopic (exact) mass is 377 g/mol. The molecule has 0 unspecified atom stereocenters. The molecular formula is C12H13Br2NOS. The number of allylic oxidation sites excluding steroid dienone is 1. The van der Waals surface area contributed by atoms with Gasteiger partial charge in [-0.15, -0.1) is 11.3 Å². The van der Waals surface area contributed by atoms with Crippen molar-refractivity contribution in [2.24, 2.45) is 0 Å². The third kappa shape index (κ3) is 3.66. The second kappa shape index (κ2) is 6.16. The minimum absolute atomic E-state index is 0.0139. The van der Waals surface area contributed by atoms with Crippen LogP contribution in [0.5, 0.6) is 0 Å². The van der Waals surface area contributed by atoms with Crippen LogP contribution in [-0.4, -0.2) is 12.5 Å². The molecule has 0 saturated heterocycles. The van der Waals surface area contributed by atoms with Crippen LogP contribution in [0.4, 0.5) is 0 Å². The number of hydrogen-bond acceptors (Lipinski definition) is 2. The molecule has 0 saturated carbocycles. The summed E-state index contributed by atoms with van der Waals surface area (Å²) in [5.74, 6) is 0.0139. The summed E-state index contributed by atoms with van der Waals surface area (Å²) in [7, 11) is 0. The first-order valence-electron chi connectivity index (χ1n) is 5.58. The highest BCUT2D eigenvalue weighted by molar-refractivity contribution is 9.13. The Hall–Kier alpha value is -0.130. The van der Waals surface area contributed by atoms with Crippen LogP contribution in [0, 0.1) is 0 Å². The van der Waals surface area contributed by atoms with Gasteiger partial charge in [-0.3, -0.25) is 4.79 Å². The number of carbonyl (C=O) groups is 1. The molecule has 1 aromatic rings. The normalized spacial score (nSPS) is 14.8. The zero-order valence-electron chi connectivity index (χ0n) is 9.26. The molecule has 0 spiro atoms. The van der Waals surface area contributed by atoms with E-state index in [2.05, 4.69) is 43.3 Å². The van der Waals surface area contributed by atoms with Gasteiger partial charge in [-0.1, -0.05) is 11.6 Å². The molecule has 1 heterocycles. The van der Waals surface area contributed by atoms with Gasteiger partial charge in [0, 0.05) is 11.0 Å². The van der Waals surface area contributed by atoms with Crippen molar-refractivity contribution in [1.29, 1.82) is 0 Å². The molecule has 1 amide bonds. The quantitative estimate of drug-likeness (QED) is 0.767. The molecule has 1 aromatic heterocycles. The lowest BCUT2D eigenvalue weighted by Gasteiger charge is -2.04. The minimum Gasteiger partial charge on any atom is -0.351 e. The summed E-state index contributed by atoms with van der Waals surface area (Å²) in [4.78, 5) is 12.6. The predicted molar refractivity (Wildman–Crippen MR) is 78.6 cm³/mol. The van der Waals surface area contributed by atoms with Crippen LogP contribution >= 0.6 is 43.2 Å². The van der Waals surface area contributed by atoms with E-state index in [1.54, 1.807) is 0 Å². The van der Waals surface area contributed by atoms with Gasteiger partial charge in [0.1, 0.15) is 0 Å². The van der Waals surface area contributed by atoms with E-state index < -0.39 is 0 Å². The maximum Gasteiger partial charge on any atom is 0.261 e. The first kappa shape index (κ1) is 13.3. The van der Waals surface area contributed by atoms with Crippen LogP contribution in [0.2, 0.25) is 0 Å². The smallest absolute Gasteiger partial charge is 0.261 e. The first-order chi connectivity index (χ1) is 8.16. The number of halogens is 2. The molecule has 92 valence electrons. The van der Waals surface area contributed by atoms with E-state index in [9.17, 15) is 4.79 Å². The molecule has 2 nitrogen and oxygen atoms in total. The Morgan fingerprint density at radius 2 is 2.29 bits per heavy atom. The van der Waals surface area contributed by atoms with E-state index in [0.29, 0.717) is 0 Å². The largest absolute Gasteiger partial charge is 0.351 e. The first-order valence-corrected chi connectivity index (χ1v) is 7.98. The summed E-state index contributed by atoms with van der Waals surface area (Å²) < 4.78 is 1.90. The molecule has 0 radical (unpaired) electrons. The Bertz CT molecular complexity index is 434. The summed E-state index contributed by atoms with van der Waals surface area (Å²) in [5, 5.41) is 2.96. The van der Waals surface area contributed by atoms with E-state index in [4.69, 9.17) is 0 Å². The van der Waals surface area contributed by atoms with Gasteiger partial charge in [-0.2, -0.15) is 0 Å². The zero-order valence-corrected chi connectivity index (χ0v) is 13.3. The second-order valence-corrected chi connectivity index (χ2v) is 7.22. The fourth-order valence-electron chi connectivity index (χ4n) is 1.85. The molecule has 0 aliphatic heterocycles. The lowest BCUT2D eigenvalue weighted by atomic mass is 10.2. The maximum absolute atomic E-state index is 11.8. The van der Waals surface area contributed by atoms with Gasteiger partial charge in [-0.05, 0) is 63.6 Å². The van der Waals surface area contributed by atoms with E-state index in [0.717, 1.165) is 26.1 Å². The molecule has 0 aromatic carbocycles. The van der Waals surface area contributed by atoms with Gasteiger partial charge in [-0.25, -0.2) is 0 Å². The number of hydrogen-bond donors (Lipinski definition) is 1. The highest BCUT2D eigenvalue weighted by atomic mass is 79.9. The average Bonchev–Trinajstić information content (AvgIpc) is 2.90. The number of rotatable bonds is 4. The standard InChI is InChI=1S/C12H13Br2NOS/c13-9-7-10(17-11(9)14)12(16)15-6-5-8-3-1-2-4-8/h3,7H,1-2,4-6H2,(H,15,16). The third-order valence-electron chi connectivity index (χ3n) is 2.74.